The van der Waals surface area contributed by atoms with E-state index in [1.54, 1.807) is 11.9 Å². The van der Waals surface area contributed by atoms with E-state index in [0.29, 0.717) is 24.2 Å². The predicted molar refractivity (Wildman–Crippen MR) is 91.7 cm³/mol. The second kappa shape index (κ2) is 8.04. The van der Waals surface area contributed by atoms with Crippen LogP contribution in [0.4, 0.5) is 4.79 Å². The SMILES string of the molecule is C[C@H](CNC(=O)N(C)Cc1cc(Cl)cn1C)N1CCOC[C@@H]1C. The zero-order valence-corrected chi connectivity index (χ0v) is 15.1. The molecule has 6 nitrogen and oxygen atoms in total. The number of ether oxygens (including phenoxy) is 1. The molecule has 0 aliphatic carbocycles. The number of rotatable bonds is 5. The van der Waals surface area contributed by atoms with E-state index in [4.69, 9.17) is 16.3 Å². The molecule has 2 atom stereocenters. The van der Waals surface area contributed by atoms with Gasteiger partial charge in [-0.1, -0.05) is 11.6 Å². The summed E-state index contributed by atoms with van der Waals surface area (Å²) in [6.45, 7) is 7.87. The molecule has 1 saturated heterocycles. The van der Waals surface area contributed by atoms with E-state index in [0.717, 1.165) is 25.5 Å². The molecule has 130 valence electrons. The quantitative estimate of drug-likeness (QED) is 0.889. The zero-order chi connectivity index (χ0) is 17.0. The van der Waals surface area contributed by atoms with Crippen molar-refractivity contribution in [3.05, 3.63) is 23.0 Å². The Morgan fingerprint density at radius 2 is 2.35 bits per heavy atom. The average molecular weight is 343 g/mol. The summed E-state index contributed by atoms with van der Waals surface area (Å²) >= 11 is 5.98. The highest BCUT2D eigenvalue weighted by Crippen LogP contribution is 2.14. The summed E-state index contributed by atoms with van der Waals surface area (Å²) in [5.41, 5.74) is 1.00. The summed E-state index contributed by atoms with van der Waals surface area (Å²) in [5.74, 6) is 0. The van der Waals surface area contributed by atoms with Crippen LogP contribution in [0.1, 0.15) is 19.5 Å². The number of nitrogens with one attached hydrogen (secondary N) is 1. The Hall–Kier alpha value is -1.24. The summed E-state index contributed by atoms with van der Waals surface area (Å²) in [6.07, 6.45) is 1.84. The molecule has 23 heavy (non-hydrogen) atoms. The Kier molecular flexibility index (Phi) is 6.33. The van der Waals surface area contributed by atoms with Crippen molar-refractivity contribution in [1.29, 1.82) is 0 Å². The van der Waals surface area contributed by atoms with Crippen molar-refractivity contribution in [2.24, 2.45) is 7.05 Å². The van der Waals surface area contributed by atoms with Crippen LogP contribution in [-0.4, -0.2) is 65.8 Å². The molecule has 0 spiro atoms. The molecule has 0 unspecified atom stereocenters. The molecule has 1 aromatic heterocycles. The first-order valence-corrected chi connectivity index (χ1v) is 8.39. The van der Waals surface area contributed by atoms with Crippen molar-refractivity contribution in [3.8, 4) is 0 Å². The Labute approximate surface area is 143 Å². The first-order valence-electron chi connectivity index (χ1n) is 8.01. The van der Waals surface area contributed by atoms with Crippen molar-refractivity contribution in [1.82, 2.24) is 19.7 Å². The molecule has 2 heterocycles. The highest BCUT2D eigenvalue weighted by Gasteiger charge is 2.24. The fourth-order valence-electron chi connectivity index (χ4n) is 2.92. The third-order valence-electron chi connectivity index (χ3n) is 4.35. The van der Waals surface area contributed by atoms with Crippen LogP contribution in [0.5, 0.6) is 0 Å². The van der Waals surface area contributed by atoms with Gasteiger partial charge in [0.2, 0.25) is 0 Å². The van der Waals surface area contributed by atoms with Gasteiger partial charge in [-0.05, 0) is 19.9 Å². The molecule has 1 aliphatic heterocycles. The summed E-state index contributed by atoms with van der Waals surface area (Å²) in [4.78, 5) is 16.3. The molecule has 0 saturated carbocycles. The van der Waals surface area contributed by atoms with Crippen molar-refractivity contribution in [3.63, 3.8) is 0 Å². The van der Waals surface area contributed by atoms with E-state index in [9.17, 15) is 4.79 Å². The van der Waals surface area contributed by atoms with Gasteiger partial charge in [0.15, 0.2) is 0 Å². The minimum absolute atomic E-state index is 0.0740. The first-order chi connectivity index (χ1) is 10.9. The van der Waals surface area contributed by atoms with E-state index >= 15 is 0 Å². The second-order valence-electron chi connectivity index (χ2n) is 6.31. The van der Waals surface area contributed by atoms with Gasteiger partial charge >= 0.3 is 6.03 Å². The fraction of sp³-hybridized carbons (Fsp3) is 0.688. The molecule has 0 bridgehead atoms. The maximum absolute atomic E-state index is 12.3. The largest absolute Gasteiger partial charge is 0.379 e. The topological polar surface area (TPSA) is 49.7 Å². The number of halogens is 1. The lowest BCUT2D eigenvalue weighted by Crippen LogP contribution is -2.52. The summed E-state index contributed by atoms with van der Waals surface area (Å²) in [5, 5.41) is 3.70. The molecular formula is C16H27ClN4O2. The second-order valence-corrected chi connectivity index (χ2v) is 6.75. The summed E-state index contributed by atoms with van der Waals surface area (Å²) < 4.78 is 7.39. The van der Waals surface area contributed by atoms with E-state index in [1.165, 1.54) is 0 Å². The molecular weight excluding hydrogens is 316 g/mol. The average Bonchev–Trinajstić information content (AvgIpc) is 2.82. The molecule has 2 rings (SSSR count). The number of hydrogen-bond donors (Lipinski definition) is 1. The lowest BCUT2D eigenvalue weighted by Gasteiger charge is -2.38. The number of urea groups is 1. The number of morpholine rings is 1. The van der Waals surface area contributed by atoms with Gasteiger partial charge < -0.3 is 19.5 Å². The molecule has 1 N–H and O–H groups in total. The number of amides is 2. The van der Waals surface area contributed by atoms with E-state index < -0.39 is 0 Å². The minimum Gasteiger partial charge on any atom is -0.379 e. The Balaban J connectivity index is 1.80. The number of aromatic nitrogens is 1. The van der Waals surface area contributed by atoms with Crippen LogP contribution in [0.3, 0.4) is 0 Å². The highest BCUT2D eigenvalue weighted by molar-refractivity contribution is 6.30. The van der Waals surface area contributed by atoms with Crippen molar-refractivity contribution in [2.75, 3.05) is 33.4 Å². The predicted octanol–water partition coefficient (Wildman–Crippen LogP) is 1.93. The van der Waals surface area contributed by atoms with Gasteiger partial charge in [-0.2, -0.15) is 0 Å². The van der Waals surface area contributed by atoms with Gasteiger partial charge in [-0.15, -0.1) is 0 Å². The van der Waals surface area contributed by atoms with Gasteiger partial charge in [-0.3, -0.25) is 4.90 Å². The molecule has 7 heteroatoms. The normalized spacial score (nSPS) is 20.3. The maximum Gasteiger partial charge on any atom is 0.317 e. The molecule has 1 fully saturated rings. The van der Waals surface area contributed by atoms with Crippen LogP contribution >= 0.6 is 11.6 Å². The highest BCUT2D eigenvalue weighted by atomic mass is 35.5. The van der Waals surface area contributed by atoms with Gasteiger partial charge in [0.25, 0.3) is 0 Å². The van der Waals surface area contributed by atoms with Crippen LogP contribution in [0, 0.1) is 0 Å². The third kappa shape index (κ3) is 4.86. The number of nitrogens with zero attached hydrogens (tertiary/aromatic N) is 3. The standard InChI is InChI=1S/C16H27ClN4O2/c1-12(21-5-6-23-11-13(21)2)8-18-16(22)20(4)10-15-7-14(17)9-19(15)3/h7,9,12-13H,5-6,8,10-11H2,1-4H3,(H,18,22)/t12-,13+/m1/s1. The van der Waals surface area contributed by atoms with E-state index in [-0.39, 0.29) is 12.1 Å². The van der Waals surface area contributed by atoms with Gasteiger partial charge in [0.05, 0.1) is 24.8 Å². The number of aryl methyl sites for hydroxylation is 1. The van der Waals surface area contributed by atoms with Crippen LogP contribution in [0.25, 0.3) is 0 Å². The zero-order valence-electron chi connectivity index (χ0n) is 14.4. The lowest BCUT2D eigenvalue weighted by atomic mass is 10.2. The minimum atomic E-state index is -0.0740. The number of carbonyl (C=O) groups is 1. The Morgan fingerprint density at radius 3 is 2.96 bits per heavy atom. The van der Waals surface area contributed by atoms with Gasteiger partial charge in [0.1, 0.15) is 0 Å². The van der Waals surface area contributed by atoms with Crippen LogP contribution in [0.15, 0.2) is 12.3 Å². The molecule has 1 aliphatic rings. The Bertz CT molecular complexity index is 534. The van der Waals surface area contributed by atoms with Crippen molar-refractivity contribution < 1.29 is 9.53 Å². The first kappa shape index (κ1) is 18.1. The lowest BCUT2D eigenvalue weighted by molar-refractivity contribution is -0.0177. The molecule has 0 aromatic carbocycles. The van der Waals surface area contributed by atoms with Crippen LogP contribution in [0.2, 0.25) is 5.02 Å². The number of carbonyl (C=O) groups excluding carboxylic acids is 1. The smallest absolute Gasteiger partial charge is 0.317 e. The molecule has 0 radical (unpaired) electrons. The van der Waals surface area contributed by atoms with Gasteiger partial charge in [-0.25, -0.2) is 4.79 Å². The summed E-state index contributed by atoms with van der Waals surface area (Å²) in [7, 11) is 3.72. The van der Waals surface area contributed by atoms with Gasteiger partial charge in [0, 0.05) is 51.2 Å². The van der Waals surface area contributed by atoms with E-state index in [2.05, 4.69) is 24.1 Å². The van der Waals surface area contributed by atoms with Crippen molar-refractivity contribution >= 4 is 17.6 Å². The molecule has 1 aromatic rings. The monoisotopic (exact) mass is 342 g/mol. The maximum atomic E-state index is 12.3. The van der Waals surface area contributed by atoms with E-state index in [1.807, 2.05) is 23.9 Å². The van der Waals surface area contributed by atoms with Crippen LogP contribution < -0.4 is 5.32 Å². The fourth-order valence-corrected chi connectivity index (χ4v) is 3.19. The summed E-state index contributed by atoms with van der Waals surface area (Å²) in [6, 6.07) is 2.48. The van der Waals surface area contributed by atoms with Crippen LogP contribution in [-0.2, 0) is 18.3 Å². The molecule has 2 amide bonds. The Morgan fingerprint density at radius 1 is 1.61 bits per heavy atom. The van der Waals surface area contributed by atoms with Crippen molar-refractivity contribution in [2.45, 2.75) is 32.5 Å². The third-order valence-corrected chi connectivity index (χ3v) is 4.56. The number of hydrogen-bond acceptors (Lipinski definition) is 3.